The highest BCUT2D eigenvalue weighted by Gasteiger charge is 2.55. The number of ether oxygens (including phenoxy) is 1. The van der Waals surface area contributed by atoms with Crippen LogP contribution in [0.15, 0.2) is 0 Å². The van der Waals surface area contributed by atoms with E-state index >= 15 is 0 Å². The zero-order valence-corrected chi connectivity index (χ0v) is 16.9. The topological polar surface area (TPSA) is 9.23 Å². The van der Waals surface area contributed by atoms with Crippen LogP contribution in [0.2, 0.25) is 0 Å². The van der Waals surface area contributed by atoms with E-state index in [4.69, 9.17) is 4.74 Å². The summed E-state index contributed by atoms with van der Waals surface area (Å²) in [5.74, 6) is 5.21. The van der Waals surface area contributed by atoms with Gasteiger partial charge in [0.15, 0.2) is 0 Å². The summed E-state index contributed by atoms with van der Waals surface area (Å²) in [6, 6.07) is 0. The fourth-order valence-electron chi connectivity index (χ4n) is 7.57. The van der Waals surface area contributed by atoms with Gasteiger partial charge in [0.2, 0.25) is 0 Å². The van der Waals surface area contributed by atoms with Crippen LogP contribution in [-0.2, 0) is 4.74 Å². The Bertz CT molecular complexity index is 411. The largest absolute Gasteiger partial charge is 0.385 e. The van der Waals surface area contributed by atoms with E-state index in [1.807, 2.05) is 7.11 Å². The monoisotopic (exact) mass is 352 g/mol. The molecule has 3 saturated carbocycles. The fourth-order valence-corrected chi connectivity index (χ4v) is 7.57. The highest BCUT2D eigenvalue weighted by Crippen LogP contribution is 2.64. The van der Waals surface area contributed by atoms with Gasteiger partial charge < -0.3 is 4.74 Å². The van der Waals surface area contributed by atoms with Gasteiger partial charge in [0.1, 0.15) is 0 Å². The van der Waals surface area contributed by atoms with Crippen molar-refractivity contribution in [2.75, 3.05) is 20.4 Å². The fraction of sp³-hybridized carbons (Fsp3) is 1.00. The van der Waals surface area contributed by atoms with Gasteiger partial charge in [-0.2, -0.15) is 0 Å². The minimum Gasteiger partial charge on any atom is -0.385 e. The summed E-state index contributed by atoms with van der Waals surface area (Å²) >= 11 is 0. The first-order chi connectivity index (χ1) is 12.2. The lowest BCUT2D eigenvalue weighted by Crippen LogP contribution is -2.47. The van der Waals surface area contributed by atoms with E-state index in [1.165, 1.54) is 64.2 Å². The number of alkyl halides is 1. The van der Waals surface area contributed by atoms with Crippen LogP contribution in [0, 0.1) is 40.9 Å². The molecule has 0 aromatic rings. The van der Waals surface area contributed by atoms with Gasteiger partial charge in [0, 0.05) is 13.7 Å². The first-order valence-electron chi connectivity index (χ1n) is 11.2. The average Bonchev–Trinajstić information content (AvgIpc) is 2.94. The Morgan fingerprint density at radius 3 is 2.56 bits per heavy atom. The van der Waals surface area contributed by atoms with Crippen molar-refractivity contribution in [1.82, 2.24) is 0 Å². The molecule has 0 aromatic carbocycles. The third-order valence-corrected chi connectivity index (χ3v) is 8.72. The van der Waals surface area contributed by atoms with Gasteiger partial charge in [-0.05, 0) is 98.7 Å². The van der Waals surface area contributed by atoms with Crippen LogP contribution in [0.4, 0.5) is 4.39 Å². The van der Waals surface area contributed by atoms with Crippen LogP contribution < -0.4 is 0 Å². The molecule has 2 heteroatoms. The van der Waals surface area contributed by atoms with Crippen molar-refractivity contribution in [1.29, 1.82) is 0 Å². The Kier molecular flexibility index (Phi) is 6.85. The zero-order chi connectivity index (χ0) is 17.9. The van der Waals surface area contributed by atoms with E-state index in [9.17, 15) is 4.39 Å². The maximum atomic E-state index is 13.1. The van der Waals surface area contributed by atoms with Gasteiger partial charge >= 0.3 is 0 Å². The van der Waals surface area contributed by atoms with E-state index < -0.39 is 0 Å². The lowest BCUT2D eigenvalue weighted by atomic mass is 9.50. The quantitative estimate of drug-likeness (QED) is 0.444. The predicted octanol–water partition coefficient (Wildman–Crippen LogP) is 6.66. The van der Waals surface area contributed by atoms with Crippen LogP contribution in [0.25, 0.3) is 0 Å². The molecule has 7 unspecified atom stereocenters. The summed E-state index contributed by atoms with van der Waals surface area (Å²) in [7, 11) is 1.83. The Labute approximate surface area is 155 Å². The maximum absolute atomic E-state index is 13.1. The number of hydrogen-bond donors (Lipinski definition) is 0. The summed E-state index contributed by atoms with van der Waals surface area (Å²) in [4.78, 5) is 0. The molecule has 1 nitrogen and oxygen atoms in total. The van der Waals surface area contributed by atoms with Crippen molar-refractivity contribution < 1.29 is 9.13 Å². The van der Waals surface area contributed by atoms with Crippen LogP contribution in [0.1, 0.15) is 84.5 Å². The smallest absolute Gasteiger partial charge is 0.0897 e. The van der Waals surface area contributed by atoms with Gasteiger partial charge in [-0.1, -0.05) is 26.7 Å². The molecule has 0 saturated heterocycles. The lowest BCUT2D eigenvalue weighted by molar-refractivity contribution is -0.0576. The molecule has 3 fully saturated rings. The first-order valence-corrected chi connectivity index (χ1v) is 11.2. The molecule has 0 aromatic heterocycles. The molecule has 0 amide bonds. The molecule has 0 N–H and O–H groups in total. The molecular weight excluding hydrogens is 311 g/mol. The number of fused-ring (bicyclic) bond motifs is 3. The molecule has 3 aliphatic carbocycles. The Hall–Kier alpha value is -0.110. The molecule has 146 valence electrons. The third kappa shape index (κ3) is 3.80. The Morgan fingerprint density at radius 1 is 1.00 bits per heavy atom. The minimum absolute atomic E-state index is 0.106. The molecule has 0 spiro atoms. The van der Waals surface area contributed by atoms with Gasteiger partial charge in [0.05, 0.1) is 6.67 Å². The second-order valence-electron chi connectivity index (χ2n) is 9.66. The second-order valence-corrected chi connectivity index (χ2v) is 9.66. The molecule has 7 atom stereocenters. The van der Waals surface area contributed by atoms with Crippen LogP contribution in [-0.4, -0.2) is 20.4 Å². The van der Waals surface area contributed by atoms with E-state index in [0.29, 0.717) is 11.3 Å². The van der Waals surface area contributed by atoms with E-state index in [0.717, 1.165) is 42.6 Å². The molecule has 3 aliphatic rings. The van der Waals surface area contributed by atoms with E-state index in [1.54, 1.807) is 0 Å². The van der Waals surface area contributed by atoms with Gasteiger partial charge in [-0.15, -0.1) is 0 Å². The van der Waals surface area contributed by atoms with Crippen LogP contribution in [0.3, 0.4) is 0 Å². The van der Waals surface area contributed by atoms with Gasteiger partial charge in [0.25, 0.3) is 0 Å². The summed E-state index contributed by atoms with van der Waals surface area (Å²) in [5.41, 5.74) is 0.582. The molecule has 0 radical (unpaired) electrons. The van der Waals surface area contributed by atoms with Crippen molar-refractivity contribution in [3.63, 3.8) is 0 Å². The third-order valence-electron chi connectivity index (χ3n) is 8.72. The number of halogens is 1. The number of hydrogen-bond acceptors (Lipinski definition) is 1. The van der Waals surface area contributed by atoms with Crippen LogP contribution in [0.5, 0.6) is 0 Å². The maximum Gasteiger partial charge on any atom is 0.0897 e. The summed E-state index contributed by atoms with van der Waals surface area (Å²) in [6.45, 7) is 5.77. The SMILES string of the molecule is CCCC1C(CCF)CCC2C1CCC1(C)C(CCCOC)CCC21. The highest BCUT2D eigenvalue weighted by atomic mass is 19.1. The molecule has 0 heterocycles. The minimum atomic E-state index is -0.106. The van der Waals surface area contributed by atoms with Crippen molar-refractivity contribution in [2.24, 2.45) is 40.9 Å². The highest BCUT2D eigenvalue weighted by molar-refractivity contribution is 5.05. The van der Waals surface area contributed by atoms with E-state index in [2.05, 4.69) is 13.8 Å². The number of methoxy groups -OCH3 is 1. The molecule has 25 heavy (non-hydrogen) atoms. The molecule has 0 aliphatic heterocycles. The summed E-state index contributed by atoms with van der Waals surface area (Å²) in [5, 5.41) is 0. The first kappa shape index (κ1) is 19.6. The molecule has 0 bridgehead atoms. The standard InChI is InChI=1S/C23H41FO/c1-4-6-19-17(13-15-24)8-10-21-20(19)12-14-23(2)18(7-5-16-25-3)9-11-22(21)23/h17-22H,4-16H2,1-3H3. The summed E-state index contributed by atoms with van der Waals surface area (Å²) in [6.07, 6.45) is 14.5. The normalized spacial score (nSPS) is 43.7. The van der Waals surface area contributed by atoms with Crippen molar-refractivity contribution in [2.45, 2.75) is 84.5 Å². The predicted molar refractivity (Wildman–Crippen MR) is 103 cm³/mol. The van der Waals surface area contributed by atoms with E-state index in [-0.39, 0.29) is 6.67 Å². The van der Waals surface area contributed by atoms with Gasteiger partial charge in [-0.3, -0.25) is 4.39 Å². The Balaban J connectivity index is 1.70. The second kappa shape index (κ2) is 8.72. The number of rotatable bonds is 8. The van der Waals surface area contributed by atoms with Gasteiger partial charge in [-0.25, -0.2) is 0 Å². The van der Waals surface area contributed by atoms with Crippen molar-refractivity contribution >= 4 is 0 Å². The molecule has 3 rings (SSSR count). The summed E-state index contributed by atoms with van der Waals surface area (Å²) < 4.78 is 18.4. The van der Waals surface area contributed by atoms with Crippen molar-refractivity contribution in [3.8, 4) is 0 Å². The van der Waals surface area contributed by atoms with Crippen LogP contribution >= 0.6 is 0 Å². The lowest BCUT2D eigenvalue weighted by Gasteiger charge is -2.55. The average molecular weight is 353 g/mol. The molecular formula is C23H41FO. The van der Waals surface area contributed by atoms with Crippen molar-refractivity contribution in [3.05, 3.63) is 0 Å². The zero-order valence-electron chi connectivity index (χ0n) is 16.9. The Morgan fingerprint density at radius 2 is 1.84 bits per heavy atom.